The molecule has 2 nitrogen and oxygen atoms in total. The number of rotatable bonds is 1. The first kappa shape index (κ1) is 11.4. The third kappa shape index (κ3) is 1.67. The third-order valence-corrected chi connectivity index (χ3v) is 3.66. The summed E-state index contributed by atoms with van der Waals surface area (Å²) in [5.41, 5.74) is 3.86. The molecule has 0 aliphatic carbocycles. The number of hydrogen-bond donors (Lipinski definition) is 0. The maximum atomic E-state index is 13.1. The summed E-state index contributed by atoms with van der Waals surface area (Å²) in [6, 6.07) is 14.4. The first-order chi connectivity index (χ1) is 9.83. The fourth-order valence-corrected chi connectivity index (χ4v) is 2.72. The van der Waals surface area contributed by atoms with E-state index in [2.05, 4.69) is 0 Å². The molecule has 4 rings (SSSR count). The van der Waals surface area contributed by atoms with Gasteiger partial charge in [-0.05, 0) is 36.4 Å². The average Bonchev–Trinajstić information content (AvgIpc) is 2.97. The minimum absolute atomic E-state index is 0.234. The van der Waals surface area contributed by atoms with Crippen molar-refractivity contribution >= 4 is 10.9 Å². The Morgan fingerprint density at radius 2 is 1.80 bits per heavy atom. The van der Waals surface area contributed by atoms with Crippen molar-refractivity contribution in [2.75, 3.05) is 6.61 Å². The lowest BCUT2D eigenvalue weighted by Gasteiger charge is -2.10. The Labute approximate surface area is 115 Å². The molecule has 2 heterocycles. The zero-order valence-electron chi connectivity index (χ0n) is 10.8. The molecular formula is C17H12FNO. The standard InChI is InChI=1S/C17H12FNO/c18-12-7-5-11(6-8-12)16-14-9-10-20-17(14)13-3-1-2-4-15(13)19-16/h1-8H,9-10H2. The first-order valence-corrected chi connectivity index (χ1v) is 6.63. The Balaban J connectivity index is 2.02. The van der Waals surface area contributed by atoms with Crippen LogP contribution in [0.5, 0.6) is 5.75 Å². The van der Waals surface area contributed by atoms with Crippen LogP contribution in [0.25, 0.3) is 22.2 Å². The summed E-state index contributed by atoms with van der Waals surface area (Å²) in [5.74, 6) is 0.692. The van der Waals surface area contributed by atoms with E-state index in [4.69, 9.17) is 9.72 Å². The van der Waals surface area contributed by atoms with Crippen LogP contribution in [-0.2, 0) is 6.42 Å². The van der Waals surface area contributed by atoms with E-state index in [1.165, 1.54) is 12.1 Å². The van der Waals surface area contributed by atoms with E-state index in [9.17, 15) is 4.39 Å². The maximum Gasteiger partial charge on any atom is 0.134 e. The van der Waals surface area contributed by atoms with Crippen LogP contribution >= 0.6 is 0 Å². The van der Waals surface area contributed by atoms with Crippen molar-refractivity contribution in [2.45, 2.75) is 6.42 Å². The number of hydrogen-bond acceptors (Lipinski definition) is 2. The van der Waals surface area contributed by atoms with E-state index in [1.54, 1.807) is 12.1 Å². The van der Waals surface area contributed by atoms with Gasteiger partial charge in [-0.1, -0.05) is 12.1 Å². The minimum atomic E-state index is -0.234. The van der Waals surface area contributed by atoms with Crippen LogP contribution < -0.4 is 4.74 Å². The summed E-state index contributed by atoms with van der Waals surface area (Å²) in [6.07, 6.45) is 0.847. The highest BCUT2D eigenvalue weighted by Crippen LogP contribution is 2.38. The van der Waals surface area contributed by atoms with Crippen molar-refractivity contribution in [3.63, 3.8) is 0 Å². The Hall–Kier alpha value is -2.42. The molecule has 3 aromatic rings. The number of benzene rings is 2. The van der Waals surface area contributed by atoms with Crippen LogP contribution in [0.1, 0.15) is 5.56 Å². The van der Waals surface area contributed by atoms with Crippen LogP contribution in [0.15, 0.2) is 48.5 Å². The summed E-state index contributed by atoms with van der Waals surface area (Å²) in [7, 11) is 0. The Morgan fingerprint density at radius 3 is 2.65 bits per heavy atom. The summed E-state index contributed by atoms with van der Waals surface area (Å²) >= 11 is 0. The van der Waals surface area contributed by atoms with Crippen LogP contribution in [0.3, 0.4) is 0 Å². The molecule has 0 spiro atoms. The highest BCUT2D eigenvalue weighted by molar-refractivity contribution is 5.90. The van der Waals surface area contributed by atoms with Crippen LogP contribution in [0.4, 0.5) is 4.39 Å². The van der Waals surface area contributed by atoms with Crippen molar-refractivity contribution in [3.8, 4) is 17.0 Å². The van der Waals surface area contributed by atoms with Crippen molar-refractivity contribution in [3.05, 3.63) is 59.9 Å². The molecule has 0 atom stereocenters. The normalized spacial score (nSPS) is 13.2. The molecule has 1 aliphatic heterocycles. The topological polar surface area (TPSA) is 22.1 Å². The molecule has 98 valence electrons. The summed E-state index contributed by atoms with van der Waals surface area (Å²) in [6.45, 7) is 0.680. The quantitative estimate of drug-likeness (QED) is 0.664. The van der Waals surface area contributed by atoms with Crippen LogP contribution in [-0.4, -0.2) is 11.6 Å². The molecule has 3 heteroatoms. The molecule has 0 radical (unpaired) electrons. The average molecular weight is 265 g/mol. The van der Waals surface area contributed by atoms with Gasteiger partial charge in [-0.25, -0.2) is 9.37 Å². The van der Waals surface area contributed by atoms with Gasteiger partial charge >= 0.3 is 0 Å². The van der Waals surface area contributed by atoms with E-state index in [-0.39, 0.29) is 5.82 Å². The predicted octanol–water partition coefficient (Wildman–Crippen LogP) is 3.98. The SMILES string of the molecule is Fc1ccc(-c2nc3ccccc3c3c2CCO3)cc1. The highest BCUT2D eigenvalue weighted by atomic mass is 19.1. The van der Waals surface area contributed by atoms with Gasteiger partial charge < -0.3 is 4.74 Å². The van der Waals surface area contributed by atoms with Gasteiger partial charge in [-0.3, -0.25) is 0 Å². The number of para-hydroxylation sites is 1. The van der Waals surface area contributed by atoms with E-state index < -0.39 is 0 Å². The van der Waals surface area contributed by atoms with Gasteiger partial charge in [-0.15, -0.1) is 0 Å². The second-order valence-corrected chi connectivity index (χ2v) is 4.89. The van der Waals surface area contributed by atoms with Crippen molar-refractivity contribution in [1.82, 2.24) is 4.98 Å². The first-order valence-electron chi connectivity index (χ1n) is 6.63. The smallest absolute Gasteiger partial charge is 0.134 e. The van der Waals surface area contributed by atoms with Crippen LogP contribution in [0.2, 0.25) is 0 Å². The molecular weight excluding hydrogens is 253 g/mol. The number of aromatic nitrogens is 1. The minimum Gasteiger partial charge on any atom is -0.492 e. The number of fused-ring (bicyclic) bond motifs is 3. The summed E-state index contributed by atoms with van der Waals surface area (Å²) in [5, 5.41) is 1.05. The molecule has 0 bridgehead atoms. The maximum absolute atomic E-state index is 13.1. The lowest BCUT2D eigenvalue weighted by molar-refractivity contribution is 0.360. The van der Waals surface area contributed by atoms with Gasteiger partial charge in [0.1, 0.15) is 11.6 Å². The fraction of sp³-hybridized carbons (Fsp3) is 0.118. The number of nitrogens with zero attached hydrogens (tertiary/aromatic N) is 1. The Bertz CT molecular complexity index is 796. The number of ether oxygens (including phenoxy) is 1. The molecule has 0 amide bonds. The molecule has 0 fully saturated rings. The van der Waals surface area contributed by atoms with Gasteiger partial charge in [0.25, 0.3) is 0 Å². The lowest BCUT2D eigenvalue weighted by Crippen LogP contribution is -1.92. The molecule has 0 saturated heterocycles. The Morgan fingerprint density at radius 1 is 1.00 bits per heavy atom. The molecule has 0 N–H and O–H groups in total. The second kappa shape index (κ2) is 4.30. The van der Waals surface area contributed by atoms with Gasteiger partial charge in [0.15, 0.2) is 0 Å². The van der Waals surface area contributed by atoms with Gasteiger partial charge in [0.05, 0.1) is 17.8 Å². The van der Waals surface area contributed by atoms with Crippen molar-refractivity contribution in [2.24, 2.45) is 0 Å². The predicted molar refractivity (Wildman–Crippen MR) is 76.3 cm³/mol. The molecule has 0 saturated carbocycles. The molecule has 20 heavy (non-hydrogen) atoms. The van der Waals surface area contributed by atoms with E-state index in [1.807, 2.05) is 24.3 Å². The Kier molecular flexibility index (Phi) is 2.46. The second-order valence-electron chi connectivity index (χ2n) is 4.89. The van der Waals surface area contributed by atoms with Gasteiger partial charge in [-0.2, -0.15) is 0 Å². The summed E-state index contributed by atoms with van der Waals surface area (Å²) in [4.78, 5) is 4.74. The zero-order chi connectivity index (χ0) is 13.5. The van der Waals surface area contributed by atoms with Gasteiger partial charge in [0.2, 0.25) is 0 Å². The monoisotopic (exact) mass is 265 g/mol. The molecule has 1 aliphatic rings. The molecule has 0 unspecified atom stereocenters. The van der Waals surface area contributed by atoms with Crippen LogP contribution in [0, 0.1) is 5.82 Å². The molecule has 2 aromatic carbocycles. The van der Waals surface area contributed by atoms with Gasteiger partial charge in [0, 0.05) is 22.9 Å². The van der Waals surface area contributed by atoms with Crippen molar-refractivity contribution < 1.29 is 9.13 Å². The largest absolute Gasteiger partial charge is 0.492 e. The van der Waals surface area contributed by atoms with Crippen molar-refractivity contribution in [1.29, 1.82) is 0 Å². The van der Waals surface area contributed by atoms with E-state index in [0.29, 0.717) is 6.61 Å². The van der Waals surface area contributed by atoms with E-state index in [0.717, 1.165) is 39.9 Å². The van der Waals surface area contributed by atoms with E-state index >= 15 is 0 Å². The number of pyridine rings is 1. The molecule has 1 aromatic heterocycles. The summed E-state index contributed by atoms with van der Waals surface area (Å²) < 4.78 is 18.9. The lowest BCUT2D eigenvalue weighted by atomic mass is 10.0. The zero-order valence-corrected chi connectivity index (χ0v) is 10.8. The highest BCUT2D eigenvalue weighted by Gasteiger charge is 2.21. The number of halogens is 1. The fourth-order valence-electron chi connectivity index (χ4n) is 2.72. The third-order valence-electron chi connectivity index (χ3n) is 3.66.